The van der Waals surface area contributed by atoms with E-state index in [4.69, 9.17) is 37.7 Å². The molecule has 8 rings (SSSR count). The molecule has 0 spiro atoms. The van der Waals surface area contributed by atoms with Gasteiger partial charge in [0.15, 0.2) is 10.3 Å². The van der Waals surface area contributed by atoms with Gasteiger partial charge in [0.05, 0.1) is 35.4 Å². The van der Waals surface area contributed by atoms with Crippen LogP contribution in [0.5, 0.6) is 23.0 Å². The maximum absolute atomic E-state index is 13.0. The maximum atomic E-state index is 13.0. The molecule has 2 fully saturated rings. The maximum Gasteiger partial charge on any atom is 0.573 e. The molecular weight excluding hydrogens is 1050 g/mol. The molecule has 4 heterocycles. The van der Waals surface area contributed by atoms with Gasteiger partial charge in [-0.2, -0.15) is 8.61 Å². The van der Waals surface area contributed by atoms with Crippen LogP contribution < -0.4 is 28.7 Å². The van der Waals surface area contributed by atoms with E-state index in [1.54, 1.807) is 26.4 Å². The van der Waals surface area contributed by atoms with E-state index < -0.39 is 44.3 Å². The van der Waals surface area contributed by atoms with Crippen molar-refractivity contribution in [2.45, 2.75) is 35.4 Å². The number of methoxy groups -OCH3 is 2. The highest BCUT2D eigenvalue weighted by Crippen LogP contribution is 2.32. The number of thiazole rings is 2. The minimum absolute atomic E-state index is 0.0875. The van der Waals surface area contributed by atoms with Crippen molar-refractivity contribution in [3.63, 3.8) is 0 Å². The molecule has 6 aromatic rings. The highest BCUT2D eigenvalue weighted by molar-refractivity contribution is 7.89. The highest BCUT2D eigenvalue weighted by Gasteiger charge is 2.34. The second-order valence-corrected chi connectivity index (χ2v) is 21.7. The minimum Gasteiger partial charge on any atom is -0.497 e. The number of hydrogen-bond donors (Lipinski definition) is 0. The van der Waals surface area contributed by atoms with Crippen molar-refractivity contribution in [3.8, 4) is 23.0 Å². The normalized spacial score (nSPS) is 15.3. The first-order valence-electron chi connectivity index (χ1n) is 20.9. The van der Waals surface area contributed by atoms with E-state index in [1.165, 1.54) is 31.3 Å². The van der Waals surface area contributed by atoms with Crippen LogP contribution in [-0.2, 0) is 32.9 Å². The number of ether oxygens (including phenoxy) is 4. The Kier molecular flexibility index (Phi) is 16.7. The van der Waals surface area contributed by atoms with Crippen LogP contribution in [0.4, 0.5) is 36.6 Å². The van der Waals surface area contributed by atoms with Crippen LogP contribution in [0.1, 0.15) is 22.5 Å². The van der Waals surface area contributed by atoms with E-state index in [9.17, 15) is 43.2 Å². The zero-order chi connectivity index (χ0) is 50.4. The van der Waals surface area contributed by atoms with Gasteiger partial charge in [-0.15, -0.1) is 49.0 Å². The SMILES string of the molecule is COc1ccc(Cc2csc(N3CCN(S(=O)(=O)c4ccc(OC(F)(F)F)cc4)CC3)n2)c(OC)c1.O=S(=O)(c1ccc(OC(F)(F)F)cc1)N1CCN(c2nc(Cc3ccc(Cl)cc3Cl)cs2)CC1. The topological polar surface area (TPSA) is 144 Å². The van der Waals surface area contributed by atoms with E-state index in [1.807, 2.05) is 44.8 Å². The van der Waals surface area contributed by atoms with Crippen LogP contribution in [0.25, 0.3) is 0 Å². The van der Waals surface area contributed by atoms with Crippen LogP contribution in [0, 0.1) is 0 Å². The molecule has 14 nitrogen and oxygen atoms in total. The molecule has 2 saturated heterocycles. The standard InChI is InChI=1S/C23H24F3N3O5S2.C21H18Cl2F3N3O3S2/c1-32-19-4-3-16(21(14-19)33-2)13-17-15-35-22(27-17)28-9-11-29(12-10-28)36(30,31)20-7-5-18(6-8-20)34-23(24,25)26;22-15-2-1-14(19(23)12-15)11-16-13-33-20(27-16)28-7-9-29(10-8-28)34(30,31)18-5-3-17(4-6-18)32-21(24,25)26/h3-8,14-15H,9-13H2,1-2H3;1-6,12-13H,7-11H2. The molecule has 0 unspecified atom stereocenters. The second-order valence-electron chi connectivity index (χ2n) is 15.3. The van der Waals surface area contributed by atoms with Gasteiger partial charge >= 0.3 is 12.7 Å². The molecule has 0 radical (unpaired) electrons. The summed E-state index contributed by atoms with van der Waals surface area (Å²) in [7, 11) is -4.50. The van der Waals surface area contributed by atoms with Crippen LogP contribution in [0.15, 0.2) is 105 Å². The molecule has 0 bridgehead atoms. The Morgan fingerprint density at radius 1 is 0.557 bits per heavy atom. The summed E-state index contributed by atoms with van der Waals surface area (Å²) in [5, 5.41) is 6.61. The number of piperazine rings is 2. The molecule has 2 aliphatic heterocycles. The van der Waals surface area contributed by atoms with E-state index in [0.29, 0.717) is 60.6 Å². The highest BCUT2D eigenvalue weighted by atomic mass is 35.5. The van der Waals surface area contributed by atoms with Crippen LogP contribution in [-0.4, -0.2) is 115 Å². The molecule has 0 saturated carbocycles. The molecular formula is C44H42Cl2F6N6O8S4. The van der Waals surface area contributed by atoms with Gasteiger partial charge < -0.3 is 28.7 Å². The summed E-state index contributed by atoms with van der Waals surface area (Å²) in [6, 6.07) is 19.3. The Labute approximate surface area is 417 Å². The van der Waals surface area contributed by atoms with E-state index >= 15 is 0 Å². The van der Waals surface area contributed by atoms with E-state index in [0.717, 1.165) is 81.3 Å². The molecule has 376 valence electrons. The fraction of sp³-hybridized carbons (Fsp3) is 0.318. The van der Waals surface area contributed by atoms with Crippen molar-refractivity contribution < 1.29 is 62.1 Å². The van der Waals surface area contributed by atoms with Gasteiger partial charge in [-0.05, 0) is 72.3 Å². The summed E-state index contributed by atoms with van der Waals surface area (Å²) >= 11 is 15.1. The third-order valence-corrected chi connectivity index (χ3v) is 17.1. The largest absolute Gasteiger partial charge is 0.573 e. The Balaban J connectivity index is 0.000000207. The zero-order valence-corrected chi connectivity index (χ0v) is 41.7. The molecule has 4 aromatic carbocycles. The first-order chi connectivity index (χ1) is 33.1. The van der Waals surface area contributed by atoms with Crippen LogP contribution in [0.2, 0.25) is 10.0 Å². The van der Waals surface area contributed by atoms with Crippen molar-refractivity contribution in [1.82, 2.24) is 18.6 Å². The fourth-order valence-corrected chi connectivity index (χ4v) is 12.3. The van der Waals surface area contributed by atoms with Gasteiger partial charge in [-0.25, -0.2) is 26.8 Å². The predicted octanol–water partition coefficient (Wildman–Crippen LogP) is 9.61. The molecule has 0 N–H and O–H groups in total. The molecule has 2 aliphatic rings. The number of alkyl halides is 6. The number of benzene rings is 4. The summed E-state index contributed by atoms with van der Waals surface area (Å²) in [5.41, 5.74) is 3.60. The first-order valence-corrected chi connectivity index (χ1v) is 26.3. The average Bonchev–Trinajstić information content (AvgIpc) is 4.00. The Morgan fingerprint density at radius 2 is 0.971 bits per heavy atom. The average molecular weight is 1100 g/mol. The lowest BCUT2D eigenvalue weighted by atomic mass is 10.1. The van der Waals surface area contributed by atoms with E-state index in [-0.39, 0.29) is 36.0 Å². The summed E-state index contributed by atoms with van der Waals surface area (Å²) in [4.78, 5) is 13.2. The summed E-state index contributed by atoms with van der Waals surface area (Å²) in [5.74, 6) is 0.461. The van der Waals surface area contributed by atoms with Gasteiger partial charge in [-0.1, -0.05) is 35.3 Å². The number of hydrogen-bond acceptors (Lipinski definition) is 14. The molecule has 70 heavy (non-hydrogen) atoms. The summed E-state index contributed by atoms with van der Waals surface area (Å²) < 4.78 is 147. The Morgan fingerprint density at radius 3 is 1.37 bits per heavy atom. The number of aromatic nitrogens is 2. The Bertz CT molecular complexity index is 2950. The van der Waals surface area contributed by atoms with E-state index in [2.05, 4.69) is 14.5 Å². The smallest absolute Gasteiger partial charge is 0.497 e. The first kappa shape index (κ1) is 52.7. The zero-order valence-electron chi connectivity index (χ0n) is 36.9. The lowest BCUT2D eigenvalue weighted by molar-refractivity contribution is -0.275. The molecule has 0 aliphatic carbocycles. The fourth-order valence-electron chi connectivity index (χ4n) is 7.26. The van der Waals surface area contributed by atoms with Crippen molar-refractivity contribution in [3.05, 3.63) is 128 Å². The predicted molar refractivity (Wildman–Crippen MR) is 254 cm³/mol. The van der Waals surface area contributed by atoms with Crippen molar-refractivity contribution in [2.75, 3.05) is 76.4 Å². The third kappa shape index (κ3) is 13.7. The third-order valence-electron chi connectivity index (χ3n) is 10.7. The Hall–Kier alpha value is -5.08. The molecule has 26 heteroatoms. The number of nitrogens with zero attached hydrogens (tertiary/aromatic N) is 6. The summed E-state index contributed by atoms with van der Waals surface area (Å²) in [6.07, 6.45) is -8.55. The quantitative estimate of drug-likeness (QED) is 0.0959. The van der Waals surface area contributed by atoms with Gasteiger partial charge in [0.25, 0.3) is 0 Å². The number of sulfonamides is 2. The van der Waals surface area contributed by atoms with Crippen molar-refractivity contribution >= 4 is 76.2 Å². The summed E-state index contributed by atoms with van der Waals surface area (Å²) in [6.45, 7) is 2.64. The van der Waals surface area contributed by atoms with Crippen molar-refractivity contribution in [2.24, 2.45) is 0 Å². The number of rotatable bonds is 14. The molecule has 0 amide bonds. The lowest BCUT2D eigenvalue weighted by Crippen LogP contribution is -2.48. The van der Waals surface area contributed by atoms with Gasteiger partial charge in [-0.3, -0.25) is 0 Å². The molecule has 2 aromatic heterocycles. The van der Waals surface area contributed by atoms with Gasteiger partial charge in [0, 0.05) is 97.6 Å². The molecule has 0 atom stereocenters. The van der Waals surface area contributed by atoms with Crippen LogP contribution >= 0.6 is 45.9 Å². The van der Waals surface area contributed by atoms with Gasteiger partial charge in [0.2, 0.25) is 20.0 Å². The van der Waals surface area contributed by atoms with Crippen LogP contribution in [0.3, 0.4) is 0 Å². The van der Waals surface area contributed by atoms with Gasteiger partial charge in [0.1, 0.15) is 23.0 Å². The van der Waals surface area contributed by atoms with Crippen molar-refractivity contribution in [1.29, 1.82) is 0 Å². The number of anilines is 2. The monoisotopic (exact) mass is 1090 g/mol. The minimum atomic E-state index is -4.84. The lowest BCUT2D eigenvalue weighted by Gasteiger charge is -2.33. The number of halogens is 8. The second kappa shape index (κ2) is 22.1.